The van der Waals surface area contributed by atoms with E-state index >= 15 is 0 Å². The van der Waals surface area contributed by atoms with Gasteiger partial charge < -0.3 is 10.1 Å². The quantitative estimate of drug-likeness (QED) is 0.836. The molecule has 0 aliphatic carbocycles. The van der Waals surface area contributed by atoms with Crippen LogP contribution in [0.5, 0.6) is 0 Å². The second-order valence-electron chi connectivity index (χ2n) is 3.50. The minimum Gasteiger partial charge on any atom is -0.383 e. The molecule has 0 unspecified atom stereocenters. The van der Waals surface area contributed by atoms with Crippen LogP contribution in [-0.2, 0) is 4.74 Å². The van der Waals surface area contributed by atoms with E-state index < -0.39 is 0 Å². The third kappa shape index (κ3) is 3.14. The zero-order valence-electron chi connectivity index (χ0n) is 9.70. The number of hydrogen-bond acceptors (Lipinski definition) is 4. The number of nitrogens with one attached hydrogen (secondary N) is 2. The molecule has 18 heavy (non-hydrogen) atoms. The number of benzene rings is 1. The lowest BCUT2D eigenvalue weighted by Gasteiger charge is -2.03. The molecule has 2 aromatic rings. The second-order valence-corrected chi connectivity index (χ2v) is 4.54. The first kappa shape index (κ1) is 12.7. The van der Waals surface area contributed by atoms with Crippen LogP contribution in [0, 0.1) is 5.82 Å². The van der Waals surface area contributed by atoms with E-state index in [0.29, 0.717) is 28.5 Å². The number of methoxy groups -OCH3 is 1. The summed E-state index contributed by atoms with van der Waals surface area (Å²) in [6, 6.07) is 3.95. The van der Waals surface area contributed by atoms with Gasteiger partial charge in [-0.15, -0.1) is 0 Å². The smallest absolute Gasteiger partial charge is 0.321 e. The molecule has 0 atom stereocenters. The molecule has 0 radical (unpaired) electrons. The molecule has 0 aliphatic heterocycles. The minimum atomic E-state index is -0.355. The lowest BCUT2D eigenvalue weighted by Crippen LogP contribution is -2.31. The van der Waals surface area contributed by atoms with E-state index in [0.717, 1.165) is 0 Å². The second kappa shape index (κ2) is 5.74. The number of carbonyl (C=O) groups excluding carboxylic acids is 1. The molecule has 5 nitrogen and oxygen atoms in total. The first-order valence-corrected chi connectivity index (χ1v) is 6.10. The molecular weight excluding hydrogens is 257 g/mol. The summed E-state index contributed by atoms with van der Waals surface area (Å²) < 4.78 is 18.5. The molecule has 0 aliphatic rings. The molecule has 2 N–H and O–H groups in total. The fourth-order valence-corrected chi connectivity index (χ4v) is 2.25. The van der Waals surface area contributed by atoms with Crippen molar-refractivity contribution in [2.75, 3.05) is 25.6 Å². The van der Waals surface area contributed by atoms with Crippen LogP contribution in [0.3, 0.4) is 0 Å². The molecule has 0 spiro atoms. The number of fused-ring (bicyclic) bond motifs is 1. The highest BCUT2D eigenvalue weighted by Crippen LogP contribution is 2.26. The van der Waals surface area contributed by atoms with Gasteiger partial charge in [0.05, 0.1) is 16.8 Å². The molecule has 1 aromatic heterocycles. The Morgan fingerprint density at radius 1 is 1.56 bits per heavy atom. The number of ether oxygens (including phenoxy) is 1. The van der Waals surface area contributed by atoms with Gasteiger partial charge in [-0.1, -0.05) is 11.3 Å². The Hall–Kier alpha value is -1.73. The van der Waals surface area contributed by atoms with Crippen molar-refractivity contribution < 1.29 is 13.9 Å². The van der Waals surface area contributed by atoms with Crippen molar-refractivity contribution in [2.45, 2.75) is 0 Å². The van der Waals surface area contributed by atoms with E-state index in [-0.39, 0.29) is 11.8 Å². The number of aromatic nitrogens is 1. The number of thiazole rings is 1. The van der Waals surface area contributed by atoms with Crippen molar-refractivity contribution in [3.8, 4) is 0 Å². The molecule has 2 amide bonds. The van der Waals surface area contributed by atoms with Gasteiger partial charge >= 0.3 is 6.03 Å². The van der Waals surface area contributed by atoms with Gasteiger partial charge in [-0.3, -0.25) is 5.32 Å². The number of amides is 2. The summed E-state index contributed by atoms with van der Waals surface area (Å²) in [5.74, 6) is -0.317. The van der Waals surface area contributed by atoms with Crippen molar-refractivity contribution >= 4 is 32.7 Å². The van der Waals surface area contributed by atoms with Crippen LogP contribution in [-0.4, -0.2) is 31.3 Å². The average Bonchev–Trinajstić information content (AvgIpc) is 2.70. The molecule has 0 saturated heterocycles. The van der Waals surface area contributed by atoms with Gasteiger partial charge in [0.1, 0.15) is 5.82 Å². The molecule has 7 heteroatoms. The molecule has 0 saturated carbocycles. The Balaban J connectivity index is 2.01. The summed E-state index contributed by atoms with van der Waals surface area (Å²) in [7, 11) is 1.56. The van der Waals surface area contributed by atoms with Gasteiger partial charge in [0.2, 0.25) is 0 Å². The molecule has 0 fully saturated rings. The largest absolute Gasteiger partial charge is 0.383 e. The van der Waals surface area contributed by atoms with Crippen LogP contribution in [0.25, 0.3) is 10.2 Å². The maximum Gasteiger partial charge on any atom is 0.321 e. The summed E-state index contributed by atoms with van der Waals surface area (Å²) in [6.07, 6.45) is 0. The number of hydrogen-bond donors (Lipinski definition) is 2. The Labute approximate surface area is 107 Å². The van der Waals surface area contributed by atoms with Gasteiger partial charge in [-0.05, 0) is 18.2 Å². The number of nitrogens with zero attached hydrogens (tertiary/aromatic N) is 1. The first-order valence-electron chi connectivity index (χ1n) is 5.29. The standard InChI is InChI=1S/C11H12FN3O2S/c1-17-5-4-13-10(16)15-11-14-8-3-2-7(12)6-9(8)18-11/h2-3,6H,4-5H2,1H3,(H2,13,14,15,16). The molecule has 0 bridgehead atoms. The Morgan fingerprint density at radius 2 is 2.39 bits per heavy atom. The van der Waals surface area contributed by atoms with E-state index in [1.165, 1.54) is 23.5 Å². The van der Waals surface area contributed by atoms with Gasteiger partial charge in [-0.2, -0.15) is 0 Å². The lowest BCUT2D eigenvalue weighted by molar-refractivity contribution is 0.198. The van der Waals surface area contributed by atoms with Crippen LogP contribution < -0.4 is 10.6 Å². The van der Waals surface area contributed by atoms with Crippen molar-refractivity contribution in [1.82, 2.24) is 10.3 Å². The van der Waals surface area contributed by atoms with Gasteiger partial charge in [0.15, 0.2) is 5.13 Å². The molecule has 96 valence electrons. The highest BCUT2D eigenvalue weighted by atomic mass is 32.1. The molecule has 2 rings (SSSR count). The zero-order chi connectivity index (χ0) is 13.0. The molecule has 1 aromatic carbocycles. The number of halogens is 1. The number of carbonyl (C=O) groups is 1. The predicted molar refractivity (Wildman–Crippen MR) is 68.5 cm³/mol. The van der Waals surface area contributed by atoms with Crippen LogP contribution in [0.1, 0.15) is 0 Å². The number of urea groups is 1. The van der Waals surface area contributed by atoms with Crippen LogP contribution in [0.4, 0.5) is 14.3 Å². The van der Waals surface area contributed by atoms with Crippen molar-refractivity contribution in [2.24, 2.45) is 0 Å². The topological polar surface area (TPSA) is 63.2 Å². The van der Waals surface area contributed by atoms with E-state index in [4.69, 9.17) is 4.74 Å². The summed E-state index contributed by atoms with van der Waals surface area (Å²) in [6.45, 7) is 0.861. The number of anilines is 1. The van der Waals surface area contributed by atoms with E-state index in [1.54, 1.807) is 13.2 Å². The van der Waals surface area contributed by atoms with Crippen LogP contribution >= 0.6 is 11.3 Å². The van der Waals surface area contributed by atoms with Crippen molar-refractivity contribution in [1.29, 1.82) is 0 Å². The predicted octanol–water partition coefficient (Wildman–Crippen LogP) is 2.20. The average molecular weight is 269 g/mol. The number of rotatable bonds is 4. The van der Waals surface area contributed by atoms with Gasteiger partial charge in [0, 0.05) is 13.7 Å². The minimum absolute atomic E-state index is 0.317. The van der Waals surface area contributed by atoms with Crippen LogP contribution in [0.15, 0.2) is 18.2 Å². The monoisotopic (exact) mass is 269 g/mol. The maximum atomic E-state index is 13.0. The van der Waals surface area contributed by atoms with E-state index in [1.807, 2.05) is 0 Å². The highest BCUT2D eigenvalue weighted by Gasteiger charge is 2.07. The Morgan fingerprint density at radius 3 is 3.17 bits per heavy atom. The van der Waals surface area contributed by atoms with Crippen molar-refractivity contribution in [3.05, 3.63) is 24.0 Å². The molecule has 1 heterocycles. The first-order chi connectivity index (χ1) is 8.69. The third-order valence-electron chi connectivity index (χ3n) is 2.16. The zero-order valence-corrected chi connectivity index (χ0v) is 10.5. The van der Waals surface area contributed by atoms with E-state index in [2.05, 4.69) is 15.6 Å². The highest BCUT2D eigenvalue weighted by molar-refractivity contribution is 7.22. The fourth-order valence-electron chi connectivity index (χ4n) is 1.36. The Bertz CT molecular complexity index is 558. The summed E-state index contributed by atoms with van der Waals surface area (Å²) in [5, 5.41) is 5.63. The van der Waals surface area contributed by atoms with Gasteiger partial charge in [0.25, 0.3) is 0 Å². The SMILES string of the molecule is COCCNC(=O)Nc1nc2ccc(F)cc2s1. The van der Waals surface area contributed by atoms with Gasteiger partial charge in [-0.25, -0.2) is 14.2 Å². The molecular formula is C11H12FN3O2S. The summed E-state index contributed by atoms with van der Waals surface area (Å²) >= 11 is 1.22. The van der Waals surface area contributed by atoms with E-state index in [9.17, 15) is 9.18 Å². The van der Waals surface area contributed by atoms with Crippen molar-refractivity contribution in [3.63, 3.8) is 0 Å². The Kier molecular flexibility index (Phi) is 4.06. The van der Waals surface area contributed by atoms with Crippen LogP contribution in [0.2, 0.25) is 0 Å². The third-order valence-corrected chi connectivity index (χ3v) is 3.10. The lowest BCUT2D eigenvalue weighted by atomic mass is 10.3. The summed E-state index contributed by atoms with van der Waals surface area (Å²) in [5.41, 5.74) is 0.661. The fraction of sp³-hybridized carbons (Fsp3) is 0.273. The maximum absolute atomic E-state index is 13.0. The summed E-state index contributed by atoms with van der Waals surface area (Å²) in [4.78, 5) is 15.6. The normalized spacial score (nSPS) is 10.6.